The summed E-state index contributed by atoms with van der Waals surface area (Å²) in [5.74, 6) is 4.84. The van der Waals surface area contributed by atoms with Crippen LogP contribution < -0.4 is 11.1 Å². The minimum Gasteiger partial charge on any atom is -0.469 e. The zero-order chi connectivity index (χ0) is 14.5. The first-order valence-electron chi connectivity index (χ1n) is 5.95. The van der Waals surface area contributed by atoms with E-state index in [1.165, 1.54) is 18.4 Å². The van der Waals surface area contributed by atoms with Gasteiger partial charge in [0.25, 0.3) is 5.91 Å². The summed E-state index contributed by atoms with van der Waals surface area (Å²) in [5, 5.41) is 2.60. The smallest absolute Gasteiger partial charge is 0.259 e. The molecule has 20 heavy (non-hydrogen) atoms. The molecule has 102 valence electrons. The maximum Gasteiger partial charge on any atom is 0.259 e. The molecule has 0 unspecified atom stereocenters. The third kappa shape index (κ3) is 3.05. The summed E-state index contributed by atoms with van der Waals surface area (Å²) in [5.41, 5.74) is 6.24. The molecule has 3 N–H and O–H groups in total. The van der Waals surface area contributed by atoms with Crippen LogP contribution in [-0.4, -0.2) is 12.5 Å². The molecule has 0 aliphatic heterocycles. The fourth-order valence-electron chi connectivity index (χ4n) is 1.66. The number of anilines is 1. The van der Waals surface area contributed by atoms with Gasteiger partial charge in [-0.3, -0.25) is 4.79 Å². The molecule has 0 atom stereocenters. The van der Waals surface area contributed by atoms with Crippen LogP contribution in [0.3, 0.4) is 0 Å². The molecule has 5 heteroatoms. The van der Waals surface area contributed by atoms with Crippen molar-refractivity contribution in [3.05, 3.63) is 53.2 Å². The van der Waals surface area contributed by atoms with E-state index in [1.807, 2.05) is 0 Å². The van der Waals surface area contributed by atoms with Crippen LogP contribution in [0.1, 0.15) is 21.7 Å². The van der Waals surface area contributed by atoms with Crippen LogP contribution in [0.5, 0.6) is 0 Å². The summed E-state index contributed by atoms with van der Waals surface area (Å²) in [4.78, 5) is 11.9. The normalized spacial score (nSPS) is 9.75. The lowest BCUT2D eigenvalue weighted by molar-refractivity contribution is 0.102. The number of hydrogen-bond donors (Lipinski definition) is 2. The van der Waals surface area contributed by atoms with Gasteiger partial charge in [-0.2, -0.15) is 0 Å². The Hall–Kier alpha value is -2.58. The standard InChI is InChI=1S/C15H13FN2O2/c1-10-13(6-8-20-10)15(19)18-12-5-4-11(3-2-7-17)14(16)9-12/h4-6,8-9H,7,17H2,1H3,(H,18,19). The number of nitrogens with two attached hydrogens (primary N) is 1. The molecule has 2 rings (SSSR count). The molecule has 1 aromatic heterocycles. The van der Waals surface area contributed by atoms with Gasteiger partial charge in [-0.05, 0) is 31.2 Å². The maximum atomic E-state index is 13.7. The zero-order valence-electron chi connectivity index (χ0n) is 10.9. The van der Waals surface area contributed by atoms with Crippen LogP contribution >= 0.6 is 0 Å². The number of nitrogens with one attached hydrogen (secondary N) is 1. The van der Waals surface area contributed by atoms with Crippen molar-refractivity contribution < 1.29 is 13.6 Å². The lowest BCUT2D eigenvalue weighted by Crippen LogP contribution is -2.12. The number of furan rings is 1. The Morgan fingerprint density at radius 3 is 2.85 bits per heavy atom. The van der Waals surface area contributed by atoms with Gasteiger partial charge in [0, 0.05) is 5.69 Å². The Morgan fingerprint density at radius 1 is 1.45 bits per heavy atom. The SMILES string of the molecule is Cc1occc1C(=O)Nc1ccc(C#CCN)c(F)c1. The van der Waals surface area contributed by atoms with Crippen molar-refractivity contribution in [2.24, 2.45) is 5.73 Å². The molecule has 0 bridgehead atoms. The van der Waals surface area contributed by atoms with Crippen LogP contribution in [0.4, 0.5) is 10.1 Å². The van der Waals surface area contributed by atoms with Gasteiger partial charge in [0.1, 0.15) is 11.6 Å². The highest BCUT2D eigenvalue weighted by atomic mass is 19.1. The molecule has 0 aliphatic rings. The summed E-state index contributed by atoms with van der Waals surface area (Å²) in [6.07, 6.45) is 1.43. The average Bonchev–Trinajstić information content (AvgIpc) is 2.84. The summed E-state index contributed by atoms with van der Waals surface area (Å²) in [7, 11) is 0. The molecule has 1 heterocycles. The molecule has 1 aromatic carbocycles. The molecule has 0 fully saturated rings. The first-order valence-corrected chi connectivity index (χ1v) is 5.95. The molecule has 0 saturated heterocycles. The van der Waals surface area contributed by atoms with Crippen molar-refractivity contribution in [3.8, 4) is 11.8 Å². The molecule has 2 aromatic rings. The van der Waals surface area contributed by atoms with Crippen LogP contribution in [-0.2, 0) is 0 Å². The van der Waals surface area contributed by atoms with Crippen molar-refractivity contribution in [3.63, 3.8) is 0 Å². The van der Waals surface area contributed by atoms with E-state index in [0.717, 1.165) is 0 Å². The van der Waals surface area contributed by atoms with Crippen molar-refractivity contribution in [1.82, 2.24) is 0 Å². The van der Waals surface area contributed by atoms with E-state index in [9.17, 15) is 9.18 Å². The number of benzene rings is 1. The Morgan fingerprint density at radius 2 is 2.25 bits per heavy atom. The van der Waals surface area contributed by atoms with E-state index >= 15 is 0 Å². The number of carbonyl (C=O) groups is 1. The fraction of sp³-hybridized carbons (Fsp3) is 0.133. The topological polar surface area (TPSA) is 68.3 Å². The van der Waals surface area contributed by atoms with Crippen LogP contribution in [0, 0.1) is 24.6 Å². The van der Waals surface area contributed by atoms with E-state index in [4.69, 9.17) is 10.2 Å². The van der Waals surface area contributed by atoms with Gasteiger partial charge >= 0.3 is 0 Å². The molecule has 1 amide bonds. The number of hydrogen-bond acceptors (Lipinski definition) is 3. The molecule has 0 aliphatic carbocycles. The van der Waals surface area contributed by atoms with E-state index in [1.54, 1.807) is 19.1 Å². The average molecular weight is 272 g/mol. The van der Waals surface area contributed by atoms with Gasteiger partial charge in [-0.15, -0.1) is 0 Å². The number of aryl methyl sites for hydroxylation is 1. The monoisotopic (exact) mass is 272 g/mol. The highest BCUT2D eigenvalue weighted by Crippen LogP contribution is 2.16. The van der Waals surface area contributed by atoms with Crippen molar-refractivity contribution in [2.75, 3.05) is 11.9 Å². The van der Waals surface area contributed by atoms with Crippen LogP contribution in [0.25, 0.3) is 0 Å². The quantitative estimate of drug-likeness (QED) is 0.824. The number of carbonyl (C=O) groups excluding carboxylic acids is 1. The predicted molar refractivity (Wildman–Crippen MR) is 73.7 cm³/mol. The van der Waals surface area contributed by atoms with Crippen molar-refractivity contribution >= 4 is 11.6 Å². The van der Waals surface area contributed by atoms with E-state index < -0.39 is 5.82 Å². The van der Waals surface area contributed by atoms with Crippen molar-refractivity contribution in [1.29, 1.82) is 0 Å². The van der Waals surface area contributed by atoms with E-state index in [0.29, 0.717) is 17.0 Å². The second kappa shape index (κ2) is 6.04. The first kappa shape index (κ1) is 13.8. The van der Waals surface area contributed by atoms with Gasteiger partial charge < -0.3 is 15.5 Å². The van der Waals surface area contributed by atoms with Crippen molar-refractivity contribution in [2.45, 2.75) is 6.92 Å². The molecule has 0 radical (unpaired) electrons. The Kier molecular flexibility index (Phi) is 4.18. The van der Waals surface area contributed by atoms with E-state index in [2.05, 4.69) is 17.2 Å². The van der Waals surface area contributed by atoms with Crippen LogP contribution in [0.15, 0.2) is 34.9 Å². The number of rotatable bonds is 2. The third-order valence-electron chi connectivity index (χ3n) is 2.66. The number of halogens is 1. The Labute approximate surface area is 115 Å². The fourth-order valence-corrected chi connectivity index (χ4v) is 1.66. The summed E-state index contributed by atoms with van der Waals surface area (Å²) < 4.78 is 18.8. The third-order valence-corrected chi connectivity index (χ3v) is 2.66. The zero-order valence-corrected chi connectivity index (χ0v) is 10.9. The van der Waals surface area contributed by atoms with Gasteiger partial charge in [0.2, 0.25) is 0 Å². The maximum absolute atomic E-state index is 13.7. The highest BCUT2D eigenvalue weighted by molar-refractivity contribution is 6.04. The lowest BCUT2D eigenvalue weighted by atomic mass is 10.2. The first-order chi connectivity index (χ1) is 9.61. The molecule has 4 nitrogen and oxygen atoms in total. The molecule has 0 spiro atoms. The lowest BCUT2D eigenvalue weighted by Gasteiger charge is -2.05. The number of amides is 1. The second-order valence-corrected chi connectivity index (χ2v) is 4.05. The summed E-state index contributed by atoms with van der Waals surface area (Å²) in [6, 6.07) is 5.85. The van der Waals surface area contributed by atoms with Gasteiger partial charge in [-0.25, -0.2) is 4.39 Å². The van der Waals surface area contributed by atoms with Gasteiger partial charge in [0.05, 0.1) is 23.9 Å². The summed E-state index contributed by atoms with van der Waals surface area (Å²) in [6.45, 7) is 1.85. The van der Waals surface area contributed by atoms with E-state index in [-0.39, 0.29) is 18.0 Å². The molecular formula is C15H13FN2O2. The molecular weight excluding hydrogens is 259 g/mol. The predicted octanol–water partition coefficient (Wildman–Crippen LogP) is 2.29. The van der Waals surface area contributed by atoms with Gasteiger partial charge in [0.15, 0.2) is 0 Å². The largest absolute Gasteiger partial charge is 0.469 e. The Balaban J connectivity index is 2.17. The molecule has 0 saturated carbocycles. The second-order valence-electron chi connectivity index (χ2n) is 4.05. The minimum absolute atomic E-state index is 0.164. The Bertz CT molecular complexity index is 695. The minimum atomic E-state index is -0.507. The van der Waals surface area contributed by atoms with Gasteiger partial charge in [-0.1, -0.05) is 11.8 Å². The van der Waals surface area contributed by atoms with Crippen LogP contribution in [0.2, 0.25) is 0 Å². The summed E-state index contributed by atoms with van der Waals surface area (Å²) >= 11 is 0. The highest BCUT2D eigenvalue weighted by Gasteiger charge is 2.12.